The Morgan fingerprint density at radius 2 is 2.16 bits per heavy atom. The zero-order valence-corrected chi connectivity index (χ0v) is 14.3. The molecule has 1 unspecified atom stereocenters. The van der Waals surface area contributed by atoms with Crippen LogP contribution >= 0.6 is 11.6 Å². The van der Waals surface area contributed by atoms with Crippen molar-refractivity contribution in [3.63, 3.8) is 0 Å². The van der Waals surface area contributed by atoms with Gasteiger partial charge in [-0.1, -0.05) is 11.6 Å². The monoisotopic (exact) mass is 359 g/mol. The van der Waals surface area contributed by atoms with E-state index in [4.69, 9.17) is 11.6 Å². The van der Waals surface area contributed by atoms with Crippen LogP contribution in [0.25, 0.3) is 5.69 Å². The van der Waals surface area contributed by atoms with Gasteiger partial charge >= 0.3 is 0 Å². The van der Waals surface area contributed by atoms with Gasteiger partial charge in [0.05, 0.1) is 16.3 Å². The number of carbonyl (C=O) groups is 2. The minimum atomic E-state index is -0.278. The molecule has 8 heteroatoms. The van der Waals surface area contributed by atoms with E-state index in [1.165, 1.54) is 0 Å². The molecule has 2 aliphatic rings. The lowest BCUT2D eigenvalue weighted by Crippen LogP contribution is -2.64. The normalized spacial score (nSPS) is 20.9. The Labute approximate surface area is 150 Å². The van der Waals surface area contributed by atoms with Crippen molar-refractivity contribution < 1.29 is 9.59 Å². The smallest absolute Gasteiger partial charge is 0.255 e. The van der Waals surface area contributed by atoms with E-state index in [1.807, 2.05) is 18.3 Å². The molecular formula is C17H18ClN5O2. The zero-order chi connectivity index (χ0) is 17.4. The summed E-state index contributed by atoms with van der Waals surface area (Å²) in [6.07, 6.45) is 3.49. The summed E-state index contributed by atoms with van der Waals surface area (Å²) in [5.41, 5.74) is 1.20. The number of rotatable bonds is 2. The summed E-state index contributed by atoms with van der Waals surface area (Å²) >= 11 is 6.27. The third-order valence-electron chi connectivity index (χ3n) is 4.73. The van der Waals surface area contributed by atoms with Gasteiger partial charge in [-0.25, -0.2) is 4.68 Å². The van der Waals surface area contributed by atoms with E-state index in [0.717, 1.165) is 12.2 Å². The highest BCUT2D eigenvalue weighted by atomic mass is 35.5. The van der Waals surface area contributed by atoms with Crippen LogP contribution in [0.2, 0.25) is 5.02 Å². The van der Waals surface area contributed by atoms with Crippen LogP contribution in [-0.2, 0) is 4.79 Å². The molecule has 4 rings (SSSR count). The summed E-state index contributed by atoms with van der Waals surface area (Å²) in [6.45, 7) is 3.16. The second-order valence-electron chi connectivity index (χ2n) is 6.21. The minimum Gasteiger partial charge on any atom is -0.353 e. The topological polar surface area (TPSA) is 70.5 Å². The SMILES string of the molecule is O=C1NCCN2CCN(C(=O)c3cc(-n4cccn4)ccc3Cl)CC12. The average Bonchev–Trinajstić information content (AvgIpc) is 3.16. The lowest BCUT2D eigenvalue weighted by atomic mass is 10.1. The number of nitrogens with zero attached hydrogens (tertiary/aromatic N) is 4. The van der Waals surface area contributed by atoms with Crippen LogP contribution in [0.1, 0.15) is 10.4 Å². The number of carbonyl (C=O) groups excluding carboxylic acids is 2. The largest absolute Gasteiger partial charge is 0.353 e. The fourth-order valence-electron chi connectivity index (χ4n) is 3.37. The van der Waals surface area contributed by atoms with E-state index in [2.05, 4.69) is 15.3 Å². The van der Waals surface area contributed by atoms with Crippen molar-refractivity contribution in [1.82, 2.24) is 24.9 Å². The van der Waals surface area contributed by atoms with Gasteiger partial charge in [0, 0.05) is 45.1 Å². The summed E-state index contributed by atoms with van der Waals surface area (Å²) in [6, 6.07) is 6.80. The molecule has 7 nitrogen and oxygen atoms in total. The maximum absolute atomic E-state index is 13.0. The molecule has 1 atom stereocenters. The number of benzene rings is 1. The highest BCUT2D eigenvalue weighted by molar-refractivity contribution is 6.33. The number of aromatic nitrogens is 2. The molecule has 1 N–H and O–H groups in total. The lowest BCUT2D eigenvalue weighted by Gasteiger charge is -2.43. The van der Waals surface area contributed by atoms with Crippen LogP contribution in [0.15, 0.2) is 36.7 Å². The molecule has 0 spiro atoms. The van der Waals surface area contributed by atoms with Crippen LogP contribution < -0.4 is 5.32 Å². The predicted octanol–water partition coefficient (Wildman–Crippen LogP) is 0.782. The van der Waals surface area contributed by atoms with E-state index in [9.17, 15) is 9.59 Å². The van der Waals surface area contributed by atoms with Crippen LogP contribution in [0.4, 0.5) is 0 Å². The first kappa shape index (κ1) is 16.1. The summed E-state index contributed by atoms with van der Waals surface area (Å²) < 4.78 is 1.68. The third kappa shape index (κ3) is 3.01. The van der Waals surface area contributed by atoms with E-state index >= 15 is 0 Å². The summed E-state index contributed by atoms with van der Waals surface area (Å²) in [5, 5.41) is 7.44. The van der Waals surface area contributed by atoms with Crippen LogP contribution in [-0.4, -0.2) is 70.2 Å². The molecule has 2 aromatic rings. The van der Waals surface area contributed by atoms with Crippen LogP contribution in [0.5, 0.6) is 0 Å². The van der Waals surface area contributed by atoms with E-state index in [-0.39, 0.29) is 17.9 Å². The fraction of sp³-hybridized carbons (Fsp3) is 0.353. The van der Waals surface area contributed by atoms with Gasteiger partial charge in [0.2, 0.25) is 5.91 Å². The number of hydrogen-bond donors (Lipinski definition) is 1. The zero-order valence-electron chi connectivity index (χ0n) is 13.6. The Balaban J connectivity index is 1.58. The van der Waals surface area contributed by atoms with Crippen molar-refractivity contribution in [1.29, 1.82) is 0 Å². The molecule has 25 heavy (non-hydrogen) atoms. The fourth-order valence-corrected chi connectivity index (χ4v) is 3.57. The van der Waals surface area contributed by atoms with Crippen molar-refractivity contribution in [3.05, 3.63) is 47.2 Å². The summed E-state index contributed by atoms with van der Waals surface area (Å²) in [7, 11) is 0. The molecule has 0 aliphatic carbocycles. The number of hydrogen-bond acceptors (Lipinski definition) is 4. The quantitative estimate of drug-likeness (QED) is 0.860. The number of halogens is 1. The second kappa shape index (κ2) is 6.50. The molecule has 130 valence electrons. The van der Waals surface area contributed by atoms with Gasteiger partial charge in [-0.05, 0) is 24.3 Å². The molecule has 2 aliphatic heterocycles. The van der Waals surface area contributed by atoms with Crippen LogP contribution in [0.3, 0.4) is 0 Å². The molecule has 0 saturated carbocycles. The highest BCUT2D eigenvalue weighted by Gasteiger charge is 2.36. The van der Waals surface area contributed by atoms with E-state index in [1.54, 1.807) is 27.9 Å². The van der Waals surface area contributed by atoms with Crippen molar-refractivity contribution in [3.8, 4) is 5.69 Å². The lowest BCUT2D eigenvalue weighted by molar-refractivity contribution is -0.131. The van der Waals surface area contributed by atoms with Gasteiger partial charge in [0.15, 0.2) is 0 Å². The molecular weight excluding hydrogens is 342 g/mol. The molecule has 0 radical (unpaired) electrons. The molecule has 1 aromatic carbocycles. The summed E-state index contributed by atoms with van der Waals surface area (Å²) in [4.78, 5) is 28.9. The predicted molar refractivity (Wildman–Crippen MR) is 92.8 cm³/mol. The van der Waals surface area contributed by atoms with Gasteiger partial charge in [-0.15, -0.1) is 0 Å². The van der Waals surface area contributed by atoms with Gasteiger partial charge in [0.25, 0.3) is 5.91 Å². The minimum absolute atomic E-state index is 0.0138. The third-order valence-corrected chi connectivity index (χ3v) is 5.06. The van der Waals surface area contributed by atoms with Crippen LogP contribution in [0, 0.1) is 0 Å². The molecule has 0 bridgehead atoms. The van der Waals surface area contributed by atoms with Crippen molar-refractivity contribution in [2.24, 2.45) is 0 Å². The Kier molecular flexibility index (Phi) is 4.19. The maximum atomic E-state index is 13.0. The number of amides is 2. The average molecular weight is 360 g/mol. The molecule has 2 fully saturated rings. The van der Waals surface area contributed by atoms with Crippen molar-refractivity contribution in [2.75, 3.05) is 32.7 Å². The molecule has 2 amide bonds. The molecule has 1 aromatic heterocycles. The van der Waals surface area contributed by atoms with Gasteiger partial charge in [0.1, 0.15) is 6.04 Å². The first-order valence-corrected chi connectivity index (χ1v) is 8.62. The number of piperazine rings is 2. The second-order valence-corrected chi connectivity index (χ2v) is 6.62. The first-order chi connectivity index (χ1) is 12.1. The molecule has 3 heterocycles. The Bertz CT molecular complexity index is 807. The number of fused-ring (bicyclic) bond motifs is 1. The van der Waals surface area contributed by atoms with E-state index < -0.39 is 0 Å². The Hall–Kier alpha value is -2.38. The Morgan fingerprint density at radius 1 is 1.28 bits per heavy atom. The Morgan fingerprint density at radius 3 is 2.96 bits per heavy atom. The van der Waals surface area contributed by atoms with Gasteiger partial charge in [-0.2, -0.15) is 5.10 Å². The highest BCUT2D eigenvalue weighted by Crippen LogP contribution is 2.23. The number of nitrogens with one attached hydrogen (secondary N) is 1. The van der Waals surface area contributed by atoms with Crippen molar-refractivity contribution in [2.45, 2.75) is 6.04 Å². The standard InChI is InChI=1S/C17H18ClN5O2/c18-14-3-2-12(23-6-1-4-20-23)10-13(14)17(25)22-9-8-21-7-5-19-16(24)15(21)11-22/h1-4,6,10,15H,5,7-9,11H2,(H,19,24). The van der Waals surface area contributed by atoms with Gasteiger partial charge < -0.3 is 10.2 Å². The van der Waals surface area contributed by atoms with Gasteiger partial charge in [-0.3, -0.25) is 14.5 Å². The van der Waals surface area contributed by atoms with E-state index in [0.29, 0.717) is 36.8 Å². The maximum Gasteiger partial charge on any atom is 0.255 e. The summed E-state index contributed by atoms with van der Waals surface area (Å²) in [5.74, 6) is -0.169. The van der Waals surface area contributed by atoms with Crippen molar-refractivity contribution >= 4 is 23.4 Å². The molecule has 2 saturated heterocycles. The first-order valence-electron chi connectivity index (χ1n) is 8.24.